The van der Waals surface area contributed by atoms with Gasteiger partial charge in [0.1, 0.15) is 4.99 Å². The van der Waals surface area contributed by atoms with Gasteiger partial charge in [-0.15, -0.1) is 0 Å². The van der Waals surface area contributed by atoms with Gasteiger partial charge in [0, 0.05) is 18.0 Å². The SMILES string of the molecule is S=C1NCC(c2ccccc2)c2ccccc21. The molecule has 1 aliphatic heterocycles. The molecule has 2 heteroatoms. The van der Waals surface area contributed by atoms with Gasteiger partial charge < -0.3 is 5.32 Å². The standard InChI is InChI=1S/C15H13NS/c17-15-13-9-5-4-8-12(13)14(10-16-15)11-6-2-1-3-7-11/h1-9,14H,10H2,(H,16,17). The van der Waals surface area contributed by atoms with Crippen LogP contribution < -0.4 is 5.32 Å². The van der Waals surface area contributed by atoms with Crippen LogP contribution in [-0.2, 0) is 0 Å². The van der Waals surface area contributed by atoms with Crippen LogP contribution in [0.3, 0.4) is 0 Å². The van der Waals surface area contributed by atoms with Crippen LogP contribution >= 0.6 is 12.2 Å². The van der Waals surface area contributed by atoms with Crippen LogP contribution in [0.15, 0.2) is 54.6 Å². The lowest BCUT2D eigenvalue weighted by Gasteiger charge is -2.27. The summed E-state index contributed by atoms with van der Waals surface area (Å²) in [5.74, 6) is 0.402. The van der Waals surface area contributed by atoms with Crippen molar-refractivity contribution in [1.29, 1.82) is 0 Å². The van der Waals surface area contributed by atoms with E-state index >= 15 is 0 Å². The lowest BCUT2D eigenvalue weighted by Crippen LogP contribution is -2.34. The Bertz CT molecular complexity index is 548. The first kappa shape index (κ1) is 10.5. The second-order valence-corrected chi connectivity index (χ2v) is 4.67. The number of benzene rings is 2. The van der Waals surface area contributed by atoms with Crippen molar-refractivity contribution >= 4 is 17.2 Å². The van der Waals surface area contributed by atoms with Crippen LogP contribution in [0.5, 0.6) is 0 Å². The Labute approximate surface area is 106 Å². The fourth-order valence-corrected chi connectivity index (χ4v) is 2.66. The molecule has 17 heavy (non-hydrogen) atoms. The van der Waals surface area contributed by atoms with E-state index < -0.39 is 0 Å². The summed E-state index contributed by atoms with van der Waals surface area (Å²) < 4.78 is 0. The Morgan fingerprint density at radius 3 is 2.47 bits per heavy atom. The number of rotatable bonds is 1. The number of fused-ring (bicyclic) bond motifs is 1. The first-order valence-electron chi connectivity index (χ1n) is 5.78. The Hall–Kier alpha value is -1.67. The maximum Gasteiger partial charge on any atom is 0.106 e. The monoisotopic (exact) mass is 239 g/mol. The minimum Gasteiger partial charge on any atom is -0.375 e. The molecule has 0 spiro atoms. The number of hydrogen-bond acceptors (Lipinski definition) is 1. The zero-order valence-electron chi connectivity index (χ0n) is 9.39. The molecule has 0 aromatic heterocycles. The van der Waals surface area contributed by atoms with Crippen LogP contribution in [0, 0.1) is 0 Å². The van der Waals surface area contributed by atoms with Gasteiger partial charge in [0.25, 0.3) is 0 Å². The third-order valence-corrected chi connectivity index (χ3v) is 3.61. The fourth-order valence-electron chi connectivity index (χ4n) is 2.39. The summed E-state index contributed by atoms with van der Waals surface area (Å²) in [6, 6.07) is 19.0. The molecule has 2 aromatic rings. The van der Waals surface area contributed by atoms with Gasteiger partial charge in [-0.1, -0.05) is 66.8 Å². The average Bonchev–Trinajstić information content (AvgIpc) is 2.41. The van der Waals surface area contributed by atoms with Crippen molar-refractivity contribution in [2.24, 2.45) is 0 Å². The second kappa shape index (κ2) is 4.30. The third kappa shape index (κ3) is 1.85. The molecule has 0 saturated heterocycles. The zero-order chi connectivity index (χ0) is 11.7. The molecule has 0 fully saturated rings. The first-order valence-corrected chi connectivity index (χ1v) is 6.19. The maximum atomic E-state index is 5.35. The van der Waals surface area contributed by atoms with Crippen LogP contribution in [0.4, 0.5) is 0 Å². The summed E-state index contributed by atoms with van der Waals surface area (Å²) in [5, 5.41) is 3.32. The van der Waals surface area contributed by atoms with E-state index in [9.17, 15) is 0 Å². The van der Waals surface area contributed by atoms with Gasteiger partial charge in [-0.2, -0.15) is 0 Å². The predicted molar refractivity (Wildman–Crippen MR) is 74.4 cm³/mol. The quantitative estimate of drug-likeness (QED) is 0.767. The van der Waals surface area contributed by atoms with Crippen LogP contribution in [0.1, 0.15) is 22.6 Å². The highest BCUT2D eigenvalue weighted by molar-refractivity contribution is 7.80. The number of nitrogens with one attached hydrogen (secondary N) is 1. The van der Waals surface area contributed by atoms with E-state index in [4.69, 9.17) is 12.2 Å². The highest BCUT2D eigenvalue weighted by atomic mass is 32.1. The molecule has 1 nitrogen and oxygen atoms in total. The molecule has 3 rings (SSSR count). The Kier molecular flexibility index (Phi) is 2.65. The van der Waals surface area contributed by atoms with E-state index in [0.29, 0.717) is 5.92 Å². The molecule has 0 bridgehead atoms. The Balaban J connectivity index is 2.10. The number of hydrogen-bond donors (Lipinski definition) is 1. The average molecular weight is 239 g/mol. The van der Waals surface area contributed by atoms with Crippen molar-refractivity contribution in [2.75, 3.05) is 6.54 Å². The van der Waals surface area contributed by atoms with Gasteiger partial charge in [0.2, 0.25) is 0 Å². The molecule has 1 N–H and O–H groups in total. The molecule has 2 aromatic carbocycles. The summed E-state index contributed by atoms with van der Waals surface area (Å²) in [7, 11) is 0. The minimum atomic E-state index is 0.402. The topological polar surface area (TPSA) is 12.0 Å². The van der Waals surface area contributed by atoms with E-state index in [2.05, 4.69) is 53.8 Å². The molecule has 0 aliphatic carbocycles. The van der Waals surface area contributed by atoms with Crippen molar-refractivity contribution in [3.63, 3.8) is 0 Å². The first-order chi connectivity index (χ1) is 8.36. The summed E-state index contributed by atoms with van der Waals surface area (Å²) in [4.78, 5) is 0.868. The Morgan fingerprint density at radius 2 is 1.65 bits per heavy atom. The molecule has 0 amide bonds. The van der Waals surface area contributed by atoms with Crippen molar-refractivity contribution in [1.82, 2.24) is 5.32 Å². The summed E-state index contributed by atoms with van der Waals surface area (Å²) in [5.41, 5.74) is 3.85. The van der Waals surface area contributed by atoms with E-state index in [1.54, 1.807) is 0 Å². The largest absolute Gasteiger partial charge is 0.375 e. The van der Waals surface area contributed by atoms with Crippen molar-refractivity contribution in [2.45, 2.75) is 5.92 Å². The highest BCUT2D eigenvalue weighted by Gasteiger charge is 2.23. The van der Waals surface area contributed by atoms with Gasteiger partial charge in [0.15, 0.2) is 0 Å². The van der Waals surface area contributed by atoms with Gasteiger partial charge in [-0.3, -0.25) is 0 Å². The van der Waals surface area contributed by atoms with E-state index in [1.165, 1.54) is 16.7 Å². The molecule has 84 valence electrons. The molecule has 0 saturated carbocycles. The molecule has 1 heterocycles. The minimum absolute atomic E-state index is 0.402. The van der Waals surface area contributed by atoms with Crippen LogP contribution in [0.25, 0.3) is 0 Å². The van der Waals surface area contributed by atoms with Crippen molar-refractivity contribution < 1.29 is 0 Å². The Morgan fingerprint density at radius 1 is 0.941 bits per heavy atom. The summed E-state index contributed by atoms with van der Waals surface area (Å²) in [6.07, 6.45) is 0. The molecule has 0 radical (unpaired) electrons. The van der Waals surface area contributed by atoms with Gasteiger partial charge in [-0.25, -0.2) is 0 Å². The zero-order valence-corrected chi connectivity index (χ0v) is 10.2. The molecule has 1 unspecified atom stereocenters. The fraction of sp³-hybridized carbons (Fsp3) is 0.133. The number of thiocarbonyl (C=S) groups is 1. The highest BCUT2D eigenvalue weighted by Crippen LogP contribution is 2.29. The van der Waals surface area contributed by atoms with E-state index in [-0.39, 0.29) is 0 Å². The van der Waals surface area contributed by atoms with Gasteiger partial charge in [0.05, 0.1) is 0 Å². The predicted octanol–water partition coefficient (Wildman–Crippen LogP) is 3.10. The van der Waals surface area contributed by atoms with E-state index in [0.717, 1.165) is 11.5 Å². The third-order valence-electron chi connectivity index (χ3n) is 3.25. The molecule has 1 atom stereocenters. The summed E-state index contributed by atoms with van der Waals surface area (Å²) in [6.45, 7) is 0.889. The maximum absolute atomic E-state index is 5.35. The van der Waals surface area contributed by atoms with Gasteiger partial charge >= 0.3 is 0 Å². The molecular weight excluding hydrogens is 226 g/mol. The molecular formula is C15H13NS. The molecule has 1 aliphatic rings. The second-order valence-electron chi connectivity index (χ2n) is 4.26. The summed E-state index contributed by atoms with van der Waals surface area (Å²) >= 11 is 5.35. The van der Waals surface area contributed by atoms with Crippen molar-refractivity contribution in [3.8, 4) is 0 Å². The van der Waals surface area contributed by atoms with Crippen LogP contribution in [0.2, 0.25) is 0 Å². The smallest absolute Gasteiger partial charge is 0.106 e. The van der Waals surface area contributed by atoms with Crippen molar-refractivity contribution in [3.05, 3.63) is 71.3 Å². The lowest BCUT2D eigenvalue weighted by molar-refractivity contribution is 0.740. The lowest BCUT2D eigenvalue weighted by atomic mass is 9.85. The van der Waals surface area contributed by atoms with E-state index in [1.807, 2.05) is 6.07 Å². The normalized spacial score (nSPS) is 18.4. The van der Waals surface area contributed by atoms with Crippen LogP contribution in [-0.4, -0.2) is 11.5 Å². The van der Waals surface area contributed by atoms with Gasteiger partial charge in [-0.05, 0) is 11.1 Å².